The first-order chi connectivity index (χ1) is 12.3. The van der Waals surface area contributed by atoms with Gasteiger partial charge in [-0.25, -0.2) is 9.97 Å². The van der Waals surface area contributed by atoms with E-state index in [9.17, 15) is 13.2 Å². The van der Waals surface area contributed by atoms with Crippen molar-refractivity contribution in [1.82, 2.24) is 15.3 Å². The molecule has 26 heavy (non-hydrogen) atoms. The molecule has 5 nitrogen and oxygen atoms in total. The second kappa shape index (κ2) is 8.79. The van der Waals surface area contributed by atoms with Crippen molar-refractivity contribution < 1.29 is 17.9 Å². The number of ether oxygens (including phenoxy) is 1. The van der Waals surface area contributed by atoms with Crippen molar-refractivity contribution in [3.63, 3.8) is 0 Å². The van der Waals surface area contributed by atoms with E-state index in [0.717, 1.165) is 6.92 Å². The molecular weight excluding hydrogens is 389 g/mol. The molecule has 0 spiro atoms. The van der Waals surface area contributed by atoms with E-state index in [-0.39, 0.29) is 6.54 Å². The zero-order valence-corrected chi connectivity index (χ0v) is 15.9. The molecular formula is C16H18ClF3N4OS. The van der Waals surface area contributed by atoms with Gasteiger partial charge in [0, 0.05) is 18.3 Å². The van der Waals surface area contributed by atoms with Crippen molar-refractivity contribution in [2.45, 2.75) is 30.8 Å². The molecule has 0 saturated heterocycles. The third-order valence-electron chi connectivity index (χ3n) is 3.55. The number of anilines is 2. The number of benzene rings is 1. The number of aromatic nitrogens is 2. The quantitative estimate of drug-likeness (QED) is 0.516. The Morgan fingerprint density at radius 2 is 2.08 bits per heavy atom. The molecule has 0 unspecified atom stereocenters. The summed E-state index contributed by atoms with van der Waals surface area (Å²) in [5, 5.41) is 6.32. The fourth-order valence-corrected chi connectivity index (χ4v) is 2.59. The third-order valence-corrected chi connectivity index (χ3v) is 4.50. The van der Waals surface area contributed by atoms with Gasteiger partial charge >= 0.3 is 6.18 Å². The Kier molecular flexibility index (Phi) is 6.96. The molecule has 1 aromatic heterocycles. The Hall–Kier alpha value is -1.71. The summed E-state index contributed by atoms with van der Waals surface area (Å²) in [4.78, 5) is 8.47. The predicted octanol–water partition coefficient (Wildman–Crippen LogP) is 4.64. The van der Waals surface area contributed by atoms with E-state index in [1.54, 1.807) is 24.5 Å². The lowest BCUT2D eigenvalue weighted by Crippen LogP contribution is -2.39. The molecule has 2 aromatic rings. The number of rotatable bonds is 7. The van der Waals surface area contributed by atoms with Gasteiger partial charge in [0.2, 0.25) is 0 Å². The van der Waals surface area contributed by atoms with E-state index in [1.807, 2.05) is 0 Å². The van der Waals surface area contributed by atoms with E-state index < -0.39 is 12.2 Å². The van der Waals surface area contributed by atoms with Crippen LogP contribution in [0.2, 0.25) is 5.02 Å². The largest absolute Gasteiger partial charge is 0.495 e. The lowest BCUT2D eigenvalue weighted by molar-refractivity contribution is -0.151. The van der Waals surface area contributed by atoms with Crippen LogP contribution in [-0.2, 0) is 6.54 Å². The van der Waals surface area contributed by atoms with Crippen molar-refractivity contribution in [1.29, 1.82) is 0 Å². The molecule has 1 aromatic carbocycles. The minimum atomic E-state index is -4.33. The number of halogens is 4. The molecule has 10 heteroatoms. The molecule has 0 aliphatic carbocycles. The number of nitrogens with zero attached hydrogens (tertiary/aromatic N) is 2. The van der Waals surface area contributed by atoms with Gasteiger partial charge < -0.3 is 15.4 Å². The minimum Gasteiger partial charge on any atom is -0.495 e. The van der Waals surface area contributed by atoms with Crippen LogP contribution in [0.25, 0.3) is 0 Å². The van der Waals surface area contributed by atoms with Crippen LogP contribution in [0, 0.1) is 0 Å². The maximum Gasteiger partial charge on any atom is 0.403 e. The fourth-order valence-electron chi connectivity index (χ4n) is 2.00. The van der Waals surface area contributed by atoms with Crippen molar-refractivity contribution in [2.24, 2.45) is 0 Å². The van der Waals surface area contributed by atoms with Gasteiger partial charge in [-0.05, 0) is 25.3 Å². The van der Waals surface area contributed by atoms with E-state index in [0.29, 0.717) is 33.0 Å². The first-order valence-electron chi connectivity index (χ1n) is 7.55. The topological polar surface area (TPSA) is 59.1 Å². The van der Waals surface area contributed by atoms with Gasteiger partial charge in [0.05, 0.1) is 12.8 Å². The Labute approximate surface area is 158 Å². The second-order valence-electron chi connectivity index (χ2n) is 5.32. The average molecular weight is 407 g/mol. The number of thioether (sulfide) groups is 1. The molecule has 2 N–H and O–H groups in total. The van der Waals surface area contributed by atoms with Crippen molar-refractivity contribution in [3.8, 4) is 5.75 Å². The molecule has 2 rings (SSSR count). The Morgan fingerprint density at radius 3 is 2.69 bits per heavy atom. The molecule has 0 bridgehead atoms. The number of methoxy groups -OCH3 is 1. The molecule has 0 amide bonds. The van der Waals surface area contributed by atoms with Crippen LogP contribution >= 0.6 is 23.4 Å². The maximum absolute atomic E-state index is 12.7. The predicted molar refractivity (Wildman–Crippen MR) is 97.5 cm³/mol. The van der Waals surface area contributed by atoms with Crippen LogP contribution in [0.1, 0.15) is 12.5 Å². The molecule has 0 fully saturated rings. The zero-order chi connectivity index (χ0) is 19.3. The molecule has 142 valence electrons. The molecule has 0 saturated carbocycles. The lowest BCUT2D eigenvalue weighted by Gasteiger charge is -2.19. The highest BCUT2D eigenvalue weighted by Gasteiger charge is 2.35. The van der Waals surface area contributed by atoms with Crippen LogP contribution in [0.5, 0.6) is 5.75 Å². The van der Waals surface area contributed by atoms with Gasteiger partial charge in [0.15, 0.2) is 5.16 Å². The Bertz CT molecular complexity index is 761. The fraction of sp³-hybridized carbons (Fsp3) is 0.375. The summed E-state index contributed by atoms with van der Waals surface area (Å²) in [5.41, 5.74) is 1.01. The van der Waals surface area contributed by atoms with Crippen molar-refractivity contribution in [2.75, 3.05) is 18.7 Å². The van der Waals surface area contributed by atoms with Gasteiger partial charge in [-0.2, -0.15) is 13.2 Å². The SMILES string of the molecule is COc1cccc(Nc2nc(SC)ncc2CN[C@@H](C)C(F)(F)F)c1Cl. The summed E-state index contributed by atoms with van der Waals surface area (Å²) in [5.74, 6) is 0.850. The maximum atomic E-state index is 12.7. The second-order valence-corrected chi connectivity index (χ2v) is 6.47. The summed E-state index contributed by atoms with van der Waals surface area (Å²) in [6.07, 6.45) is -1.03. The van der Waals surface area contributed by atoms with Gasteiger partial charge in [-0.1, -0.05) is 29.4 Å². The standard InChI is InChI=1S/C16H18ClF3N4OS/c1-9(16(18,19)20)21-7-10-8-22-15(26-3)24-14(10)23-11-5-4-6-12(25-2)13(11)17/h4-6,8-9,21H,7H2,1-3H3,(H,22,23,24)/t9-/m0/s1. The highest BCUT2D eigenvalue weighted by molar-refractivity contribution is 7.98. The van der Waals surface area contributed by atoms with Crippen LogP contribution in [0.3, 0.4) is 0 Å². The Morgan fingerprint density at radius 1 is 1.35 bits per heavy atom. The van der Waals surface area contributed by atoms with Crippen LogP contribution in [0.4, 0.5) is 24.7 Å². The summed E-state index contributed by atoms with van der Waals surface area (Å²) in [6, 6.07) is 3.51. The number of hydrogen-bond acceptors (Lipinski definition) is 6. The Balaban J connectivity index is 2.28. The monoisotopic (exact) mass is 406 g/mol. The van der Waals surface area contributed by atoms with Gasteiger partial charge in [0.25, 0.3) is 0 Å². The number of nitrogens with one attached hydrogen (secondary N) is 2. The zero-order valence-electron chi connectivity index (χ0n) is 14.3. The molecule has 0 aliphatic heterocycles. The minimum absolute atomic E-state index is 0.0563. The van der Waals surface area contributed by atoms with Crippen molar-refractivity contribution >= 4 is 34.9 Å². The van der Waals surface area contributed by atoms with E-state index in [1.165, 1.54) is 25.1 Å². The van der Waals surface area contributed by atoms with Crippen molar-refractivity contribution in [3.05, 3.63) is 35.0 Å². The van der Waals surface area contributed by atoms with Gasteiger partial charge in [0.1, 0.15) is 22.6 Å². The van der Waals surface area contributed by atoms with E-state index in [4.69, 9.17) is 16.3 Å². The van der Waals surface area contributed by atoms with Crippen LogP contribution in [0.15, 0.2) is 29.6 Å². The first-order valence-corrected chi connectivity index (χ1v) is 9.16. The number of alkyl halides is 3. The van der Waals surface area contributed by atoms with E-state index >= 15 is 0 Å². The normalized spacial score (nSPS) is 12.7. The third kappa shape index (κ3) is 5.15. The lowest BCUT2D eigenvalue weighted by atomic mass is 10.2. The molecule has 0 radical (unpaired) electrons. The highest BCUT2D eigenvalue weighted by atomic mass is 35.5. The summed E-state index contributed by atoms with van der Waals surface area (Å²) in [6.45, 7) is 1.00. The summed E-state index contributed by atoms with van der Waals surface area (Å²) in [7, 11) is 1.50. The van der Waals surface area contributed by atoms with Crippen LogP contribution < -0.4 is 15.4 Å². The first kappa shape index (κ1) is 20.6. The number of hydrogen-bond donors (Lipinski definition) is 2. The molecule has 1 atom stereocenters. The average Bonchev–Trinajstić information content (AvgIpc) is 2.61. The van der Waals surface area contributed by atoms with Crippen LogP contribution in [-0.4, -0.2) is 35.6 Å². The van der Waals surface area contributed by atoms with Gasteiger partial charge in [-0.15, -0.1) is 0 Å². The van der Waals surface area contributed by atoms with E-state index in [2.05, 4.69) is 20.6 Å². The smallest absolute Gasteiger partial charge is 0.403 e. The summed E-state index contributed by atoms with van der Waals surface area (Å²) < 4.78 is 43.3. The van der Waals surface area contributed by atoms with Gasteiger partial charge in [-0.3, -0.25) is 0 Å². The molecule has 0 aliphatic rings. The highest BCUT2D eigenvalue weighted by Crippen LogP contribution is 2.34. The summed E-state index contributed by atoms with van der Waals surface area (Å²) >= 11 is 7.59. The molecule has 1 heterocycles.